The van der Waals surface area contributed by atoms with Crippen molar-refractivity contribution < 1.29 is 9.47 Å². The molecular weight excluding hydrogens is 410 g/mol. The number of fused-ring (bicyclic) bond motifs is 2. The normalized spacial score (nSPS) is 17.3. The summed E-state index contributed by atoms with van der Waals surface area (Å²) in [5.74, 6) is 2.02. The highest BCUT2D eigenvalue weighted by molar-refractivity contribution is 5.79. The van der Waals surface area contributed by atoms with E-state index in [1.54, 1.807) is 0 Å². The maximum atomic E-state index is 6.07. The lowest BCUT2D eigenvalue weighted by molar-refractivity contribution is 0.104. The summed E-state index contributed by atoms with van der Waals surface area (Å²) in [7, 11) is 0. The Hall–Kier alpha value is -3.31. The molecule has 0 unspecified atom stereocenters. The van der Waals surface area contributed by atoms with E-state index in [2.05, 4.69) is 78.3 Å². The Labute approximate surface area is 194 Å². The van der Waals surface area contributed by atoms with Gasteiger partial charge in [0.1, 0.15) is 17.7 Å². The Bertz CT molecular complexity index is 1330. The highest BCUT2D eigenvalue weighted by atomic mass is 16.5. The predicted octanol–water partition coefficient (Wildman–Crippen LogP) is 6.04. The maximum Gasteiger partial charge on any atom is 0.143 e. The Morgan fingerprint density at radius 3 is 2.88 bits per heavy atom. The van der Waals surface area contributed by atoms with Gasteiger partial charge in [-0.1, -0.05) is 24.3 Å². The van der Waals surface area contributed by atoms with Gasteiger partial charge in [0.25, 0.3) is 0 Å². The topological polar surface area (TPSA) is 48.3 Å². The van der Waals surface area contributed by atoms with Crippen LogP contribution >= 0.6 is 0 Å². The number of hydrogen-bond donors (Lipinski definition) is 1. The zero-order chi connectivity index (χ0) is 22.4. The third kappa shape index (κ3) is 3.66. The SMILES string of the molecule is Cc1ccc2c(c1)nc([C@H]1CCCO1)n2-c1cccc(CNc2ccc3c(c2)OCC3)c1C. The van der Waals surface area contributed by atoms with Crippen LogP contribution in [0.25, 0.3) is 16.7 Å². The molecule has 6 rings (SSSR count). The third-order valence-corrected chi connectivity index (χ3v) is 6.89. The van der Waals surface area contributed by atoms with Crippen molar-refractivity contribution in [2.75, 3.05) is 18.5 Å². The minimum absolute atomic E-state index is 0.0466. The summed E-state index contributed by atoms with van der Waals surface area (Å²) in [5, 5.41) is 3.59. The van der Waals surface area contributed by atoms with E-state index in [1.807, 2.05) is 0 Å². The summed E-state index contributed by atoms with van der Waals surface area (Å²) < 4.78 is 14.1. The van der Waals surface area contributed by atoms with Crippen LogP contribution in [-0.2, 0) is 17.7 Å². The van der Waals surface area contributed by atoms with E-state index in [4.69, 9.17) is 14.5 Å². The number of ether oxygens (including phenoxy) is 2. The molecule has 4 aromatic rings. The summed E-state index contributed by atoms with van der Waals surface area (Å²) in [6.07, 6.45) is 3.15. The van der Waals surface area contributed by atoms with E-state index in [0.29, 0.717) is 0 Å². The molecule has 1 fully saturated rings. The number of benzene rings is 3. The van der Waals surface area contributed by atoms with Crippen molar-refractivity contribution in [3.63, 3.8) is 0 Å². The van der Waals surface area contributed by atoms with E-state index in [9.17, 15) is 0 Å². The van der Waals surface area contributed by atoms with E-state index in [-0.39, 0.29) is 6.10 Å². The highest BCUT2D eigenvalue weighted by Crippen LogP contribution is 2.35. The van der Waals surface area contributed by atoms with E-state index in [0.717, 1.165) is 67.3 Å². The second-order valence-corrected chi connectivity index (χ2v) is 9.14. The molecule has 3 heterocycles. The van der Waals surface area contributed by atoms with Crippen LogP contribution in [0.15, 0.2) is 54.6 Å². The van der Waals surface area contributed by atoms with Crippen LogP contribution in [0.3, 0.4) is 0 Å². The minimum Gasteiger partial charge on any atom is -0.493 e. The maximum absolute atomic E-state index is 6.07. The van der Waals surface area contributed by atoms with Crippen LogP contribution in [-0.4, -0.2) is 22.8 Å². The van der Waals surface area contributed by atoms with Crippen molar-refractivity contribution in [2.24, 2.45) is 0 Å². The van der Waals surface area contributed by atoms with Crippen molar-refractivity contribution in [2.45, 2.75) is 45.8 Å². The summed E-state index contributed by atoms with van der Waals surface area (Å²) in [6, 6.07) is 19.5. The lowest BCUT2D eigenvalue weighted by atomic mass is 10.1. The molecule has 0 aliphatic carbocycles. The quantitative estimate of drug-likeness (QED) is 0.412. The first kappa shape index (κ1) is 20.3. The van der Waals surface area contributed by atoms with Gasteiger partial charge in [0.05, 0.1) is 23.3 Å². The first-order chi connectivity index (χ1) is 16.2. The van der Waals surface area contributed by atoms with Crippen molar-refractivity contribution in [1.29, 1.82) is 0 Å². The number of aryl methyl sites for hydroxylation is 1. The smallest absolute Gasteiger partial charge is 0.143 e. The molecule has 2 aliphatic rings. The zero-order valence-electron chi connectivity index (χ0n) is 19.2. The van der Waals surface area contributed by atoms with Gasteiger partial charge in [-0.25, -0.2) is 4.98 Å². The fourth-order valence-corrected chi connectivity index (χ4v) is 5.04. The van der Waals surface area contributed by atoms with Crippen molar-refractivity contribution in [1.82, 2.24) is 9.55 Å². The molecule has 0 spiro atoms. The molecular formula is C28H29N3O2. The van der Waals surface area contributed by atoms with Gasteiger partial charge in [0.15, 0.2) is 0 Å². The Kier molecular flexibility index (Phi) is 5.07. The number of nitrogens with one attached hydrogen (secondary N) is 1. The molecule has 0 amide bonds. The fraction of sp³-hybridized carbons (Fsp3) is 0.321. The molecule has 1 saturated heterocycles. The molecule has 1 N–H and O–H groups in total. The predicted molar refractivity (Wildman–Crippen MR) is 131 cm³/mol. The van der Waals surface area contributed by atoms with Crippen molar-refractivity contribution in [3.05, 3.63) is 82.7 Å². The second kappa shape index (κ2) is 8.23. The zero-order valence-corrected chi connectivity index (χ0v) is 19.2. The molecule has 168 valence electrons. The Morgan fingerprint density at radius 2 is 2.00 bits per heavy atom. The monoisotopic (exact) mass is 439 g/mol. The average molecular weight is 440 g/mol. The highest BCUT2D eigenvalue weighted by Gasteiger charge is 2.26. The van der Waals surface area contributed by atoms with E-state index in [1.165, 1.54) is 27.9 Å². The largest absolute Gasteiger partial charge is 0.493 e. The summed E-state index contributed by atoms with van der Waals surface area (Å²) in [5.41, 5.74) is 9.45. The van der Waals surface area contributed by atoms with Gasteiger partial charge in [0, 0.05) is 31.3 Å². The summed E-state index contributed by atoms with van der Waals surface area (Å²) in [6.45, 7) is 6.66. The lowest BCUT2D eigenvalue weighted by Gasteiger charge is -2.18. The van der Waals surface area contributed by atoms with E-state index >= 15 is 0 Å². The molecule has 5 nitrogen and oxygen atoms in total. The number of anilines is 1. The second-order valence-electron chi connectivity index (χ2n) is 9.14. The number of rotatable bonds is 5. The molecule has 2 aliphatic heterocycles. The van der Waals surface area contributed by atoms with Gasteiger partial charge in [-0.05, 0) is 73.2 Å². The molecule has 33 heavy (non-hydrogen) atoms. The van der Waals surface area contributed by atoms with Crippen LogP contribution in [0.2, 0.25) is 0 Å². The fourth-order valence-electron chi connectivity index (χ4n) is 5.04. The molecule has 1 aromatic heterocycles. The minimum atomic E-state index is 0.0466. The van der Waals surface area contributed by atoms with E-state index < -0.39 is 0 Å². The Balaban J connectivity index is 1.37. The number of nitrogens with zero attached hydrogens (tertiary/aromatic N) is 2. The van der Waals surface area contributed by atoms with Crippen molar-refractivity contribution >= 4 is 16.7 Å². The van der Waals surface area contributed by atoms with Crippen LogP contribution < -0.4 is 10.1 Å². The third-order valence-electron chi connectivity index (χ3n) is 6.89. The van der Waals surface area contributed by atoms with Gasteiger partial charge >= 0.3 is 0 Å². The molecule has 1 atom stereocenters. The van der Waals surface area contributed by atoms with Gasteiger partial charge in [-0.2, -0.15) is 0 Å². The van der Waals surface area contributed by atoms with Gasteiger partial charge in [0.2, 0.25) is 0 Å². The van der Waals surface area contributed by atoms with Gasteiger partial charge < -0.3 is 14.8 Å². The number of aromatic nitrogens is 2. The summed E-state index contributed by atoms with van der Waals surface area (Å²) in [4.78, 5) is 5.04. The van der Waals surface area contributed by atoms with Crippen LogP contribution in [0.4, 0.5) is 5.69 Å². The van der Waals surface area contributed by atoms with Crippen molar-refractivity contribution in [3.8, 4) is 11.4 Å². The standard InChI is InChI=1S/C28H29N3O2/c1-18-8-11-25-23(15-18)30-28(26-7-4-13-32-26)31(25)24-6-3-5-21(19(24)2)17-29-22-10-9-20-12-14-33-27(20)16-22/h3,5-6,8-11,15-16,26,29H,4,7,12-14,17H2,1-2H3/t26-/m1/s1. The van der Waals surface area contributed by atoms with Crippen LogP contribution in [0.5, 0.6) is 5.75 Å². The summed E-state index contributed by atoms with van der Waals surface area (Å²) >= 11 is 0. The molecule has 0 radical (unpaired) electrons. The molecule has 3 aromatic carbocycles. The number of imidazole rings is 1. The molecule has 5 heteroatoms. The first-order valence-corrected chi connectivity index (χ1v) is 11.9. The number of hydrogen-bond acceptors (Lipinski definition) is 4. The Morgan fingerprint density at radius 1 is 1.06 bits per heavy atom. The van der Waals surface area contributed by atoms with Crippen LogP contribution in [0, 0.1) is 13.8 Å². The van der Waals surface area contributed by atoms with Gasteiger partial charge in [-0.3, -0.25) is 4.57 Å². The van der Waals surface area contributed by atoms with Gasteiger partial charge in [-0.15, -0.1) is 0 Å². The average Bonchev–Trinajstić information content (AvgIpc) is 3.57. The molecule has 0 saturated carbocycles. The first-order valence-electron chi connectivity index (χ1n) is 11.9. The van der Waals surface area contributed by atoms with Crippen LogP contribution in [0.1, 0.15) is 47.0 Å². The lowest BCUT2D eigenvalue weighted by Crippen LogP contribution is -2.10. The molecule has 0 bridgehead atoms.